The maximum Gasteiger partial charge on any atom is 0.126 e. The lowest BCUT2D eigenvalue weighted by molar-refractivity contribution is 0.371. The number of phenols is 2. The van der Waals surface area contributed by atoms with Gasteiger partial charge in [0, 0.05) is 23.6 Å². The topological polar surface area (TPSA) is 49.7 Å². The Balaban J connectivity index is 2.41. The van der Waals surface area contributed by atoms with Crippen LogP contribution in [0.5, 0.6) is 17.2 Å². The number of benzene rings is 1. The van der Waals surface area contributed by atoms with E-state index < -0.39 is 0 Å². The smallest absolute Gasteiger partial charge is 0.126 e. The Morgan fingerprint density at radius 2 is 1.91 bits per heavy atom. The molecule has 0 aliphatic heterocycles. The van der Waals surface area contributed by atoms with E-state index in [9.17, 15) is 10.2 Å². The summed E-state index contributed by atoms with van der Waals surface area (Å²) in [6.45, 7) is 6.31. The van der Waals surface area contributed by atoms with Crippen molar-refractivity contribution >= 4 is 0 Å². The highest BCUT2D eigenvalue weighted by Crippen LogP contribution is 2.46. The SMILES string of the molecule is COc1cc(O)c(C2C=C(C)CCC2CC=C(C)C)c(O)c1. The van der Waals surface area contributed by atoms with Gasteiger partial charge in [-0.25, -0.2) is 0 Å². The van der Waals surface area contributed by atoms with E-state index in [4.69, 9.17) is 4.74 Å². The molecule has 0 amide bonds. The minimum Gasteiger partial charge on any atom is -0.507 e. The summed E-state index contributed by atoms with van der Waals surface area (Å²) in [7, 11) is 1.52. The zero-order chi connectivity index (χ0) is 16.3. The molecule has 1 aliphatic rings. The fourth-order valence-corrected chi connectivity index (χ4v) is 3.15. The summed E-state index contributed by atoms with van der Waals surface area (Å²) in [6.07, 6.45) is 7.54. The fraction of sp³-hybridized carbons (Fsp3) is 0.474. The molecule has 0 saturated carbocycles. The largest absolute Gasteiger partial charge is 0.507 e. The third-order valence-corrected chi connectivity index (χ3v) is 4.39. The van der Waals surface area contributed by atoms with E-state index in [2.05, 4.69) is 32.9 Å². The van der Waals surface area contributed by atoms with E-state index in [0.717, 1.165) is 19.3 Å². The highest BCUT2D eigenvalue weighted by Gasteiger charge is 2.29. The second kappa shape index (κ2) is 6.91. The van der Waals surface area contributed by atoms with Crippen molar-refractivity contribution < 1.29 is 14.9 Å². The molecular weight excluding hydrogens is 276 g/mol. The first-order chi connectivity index (χ1) is 10.4. The quantitative estimate of drug-likeness (QED) is 0.777. The van der Waals surface area contributed by atoms with E-state index in [-0.39, 0.29) is 17.4 Å². The van der Waals surface area contributed by atoms with Crippen LogP contribution in [0.4, 0.5) is 0 Å². The Morgan fingerprint density at radius 1 is 1.27 bits per heavy atom. The molecule has 0 fully saturated rings. The number of phenolic OH excluding ortho intramolecular Hbond substituents is 2. The van der Waals surface area contributed by atoms with Crippen LogP contribution >= 0.6 is 0 Å². The van der Waals surface area contributed by atoms with Crippen molar-refractivity contribution in [1.82, 2.24) is 0 Å². The van der Waals surface area contributed by atoms with E-state index in [1.807, 2.05) is 0 Å². The molecule has 1 aromatic carbocycles. The second-order valence-electron chi connectivity index (χ2n) is 6.43. The van der Waals surface area contributed by atoms with Crippen molar-refractivity contribution in [2.45, 2.75) is 46.0 Å². The maximum atomic E-state index is 10.4. The molecule has 3 heteroatoms. The molecule has 22 heavy (non-hydrogen) atoms. The van der Waals surface area contributed by atoms with Crippen LogP contribution in [-0.2, 0) is 0 Å². The summed E-state index contributed by atoms with van der Waals surface area (Å²) >= 11 is 0. The van der Waals surface area contributed by atoms with Gasteiger partial charge in [-0.05, 0) is 46.0 Å². The number of aromatic hydroxyl groups is 2. The van der Waals surface area contributed by atoms with Crippen LogP contribution in [0.15, 0.2) is 35.4 Å². The predicted molar refractivity (Wildman–Crippen MR) is 89.6 cm³/mol. The Kier molecular flexibility index (Phi) is 5.17. The van der Waals surface area contributed by atoms with Gasteiger partial charge >= 0.3 is 0 Å². The molecule has 0 saturated heterocycles. The average Bonchev–Trinajstić information content (AvgIpc) is 2.45. The van der Waals surface area contributed by atoms with Gasteiger partial charge in [0.15, 0.2) is 0 Å². The first-order valence-corrected chi connectivity index (χ1v) is 7.83. The first kappa shape index (κ1) is 16.5. The zero-order valence-electron chi connectivity index (χ0n) is 13.9. The zero-order valence-corrected chi connectivity index (χ0v) is 13.9. The minimum atomic E-state index is 0.0373. The van der Waals surface area contributed by atoms with Gasteiger partial charge in [-0.1, -0.05) is 23.3 Å². The third kappa shape index (κ3) is 3.65. The van der Waals surface area contributed by atoms with Crippen LogP contribution in [0.1, 0.15) is 51.5 Å². The summed E-state index contributed by atoms with van der Waals surface area (Å²) in [6, 6.07) is 3.15. The molecule has 2 rings (SSSR count). The third-order valence-electron chi connectivity index (χ3n) is 4.39. The Hall–Kier alpha value is -1.90. The summed E-state index contributed by atoms with van der Waals surface area (Å²) in [5.41, 5.74) is 3.23. The Morgan fingerprint density at radius 3 is 2.45 bits per heavy atom. The van der Waals surface area contributed by atoms with Crippen LogP contribution < -0.4 is 4.74 Å². The van der Waals surface area contributed by atoms with Gasteiger partial charge < -0.3 is 14.9 Å². The van der Waals surface area contributed by atoms with Crippen molar-refractivity contribution in [3.63, 3.8) is 0 Å². The second-order valence-corrected chi connectivity index (χ2v) is 6.43. The van der Waals surface area contributed by atoms with Crippen LogP contribution in [-0.4, -0.2) is 17.3 Å². The van der Waals surface area contributed by atoms with Crippen molar-refractivity contribution in [3.05, 3.63) is 41.0 Å². The highest BCUT2D eigenvalue weighted by molar-refractivity contribution is 5.53. The van der Waals surface area contributed by atoms with E-state index in [1.165, 1.54) is 18.3 Å². The summed E-state index contributed by atoms with van der Waals surface area (Å²) in [4.78, 5) is 0. The summed E-state index contributed by atoms with van der Waals surface area (Å²) in [5, 5.41) is 20.7. The number of allylic oxidation sites excluding steroid dienone is 4. The summed E-state index contributed by atoms with van der Waals surface area (Å²) < 4.78 is 5.10. The van der Waals surface area contributed by atoms with Gasteiger partial charge in [0.2, 0.25) is 0 Å². The van der Waals surface area contributed by atoms with Gasteiger partial charge in [-0.15, -0.1) is 0 Å². The lowest BCUT2D eigenvalue weighted by atomic mass is 9.75. The first-order valence-electron chi connectivity index (χ1n) is 7.83. The van der Waals surface area contributed by atoms with Gasteiger partial charge in [0.1, 0.15) is 17.2 Å². The molecule has 0 radical (unpaired) electrons. The predicted octanol–water partition coefficient (Wildman–Crippen LogP) is 4.90. The molecule has 0 bridgehead atoms. The van der Waals surface area contributed by atoms with Crippen LogP contribution in [0.25, 0.3) is 0 Å². The Bertz CT molecular complexity index is 572. The number of rotatable bonds is 4. The van der Waals surface area contributed by atoms with Crippen LogP contribution in [0.2, 0.25) is 0 Å². The van der Waals surface area contributed by atoms with Crippen LogP contribution in [0.3, 0.4) is 0 Å². The minimum absolute atomic E-state index is 0.0373. The fourth-order valence-electron chi connectivity index (χ4n) is 3.15. The summed E-state index contributed by atoms with van der Waals surface area (Å²) in [5.74, 6) is 1.11. The van der Waals surface area contributed by atoms with E-state index in [1.54, 1.807) is 12.1 Å². The molecule has 1 aliphatic carbocycles. The Labute approximate surface area is 132 Å². The van der Waals surface area contributed by atoms with Crippen molar-refractivity contribution in [3.8, 4) is 17.2 Å². The number of hydrogen-bond acceptors (Lipinski definition) is 3. The maximum absolute atomic E-state index is 10.4. The number of ether oxygens (including phenoxy) is 1. The van der Waals surface area contributed by atoms with Gasteiger partial charge in [0.25, 0.3) is 0 Å². The van der Waals surface area contributed by atoms with E-state index in [0.29, 0.717) is 17.2 Å². The normalized spacial score (nSPS) is 21.2. The van der Waals surface area contributed by atoms with Crippen LogP contribution in [0, 0.1) is 5.92 Å². The monoisotopic (exact) mass is 302 g/mol. The standard InChI is InChI=1S/C19H26O3/c1-12(2)5-7-14-8-6-13(3)9-16(14)19-17(20)10-15(22-4)11-18(19)21/h5,9-11,14,16,20-21H,6-8H2,1-4H3. The average molecular weight is 302 g/mol. The molecule has 0 heterocycles. The highest BCUT2D eigenvalue weighted by atomic mass is 16.5. The number of methoxy groups -OCH3 is 1. The molecule has 2 atom stereocenters. The van der Waals surface area contributed by atoms with Crippen molar-refractivity contribution in [2.24, 2.45) is 5.92 Å². The molecule has 0 spiro atoms. The number of hydrogen-bond donors (Lipinski definition) is 2. The van der Waals surface area contributed by atoms with Gasteiger partial charge in [-0.2, -0.15) is 0 Å². The lowest BCUT2D eigenvalue weighted by Gasteiger charge is -2.30. The van der Waals surface area contributed by atoms with Crippen molar-refractivity contribution in [2.75, 3.05) is 7.11 Å². The van der Waals surface area contributed by atoms with Gasteiger partial charge in [0.05, 0.1) is 7.11 Å². The lowest BCUT2D eigenvalue weighted by Crippen LogP contribution is -2.16. The molecule has 3 nitrogen and oxygen atoms in total. The van der Waals surface area contributed by atoms with Crippen molar-refractivity contribution in [1.29, 1.82) is 0 Å². The van der Waals surface area contributed by atoms with E-state index >= 15 is 0 Å². The molecule has 0 aromatic heterocycles. The molecule has 120 valence electrons. The molecule has 1 aromatic rings. The molecule has 2 unspecified atom stereocenters. The molecular formula is C19H26O3. The molecule has 2 N–H and O–H groups in total. The van der Waals surface area contributed by atoms with Gasteiger partial charge in [-0.3, -0.25) is 0 Å².